The fourth-order valence-electron chi connectivity index (χ4n) is 1.37. The number of halogens is 2. The van der Waals surface area contributed by atoms with E-state index in [2.05, 4.69) is 4.98 Å². The average Bonchev–Trinajstić information content (AvgIpc) is 2.34. The summed E-state index contributed by atoms with van der Waals surface area (Å²) in [7, 11) is 0. The highest BCUT2D eigenvalue weighted by Gasteiger charge is 2.32. The van der Waals surface area contributed by atoms with Gasteiger partial charge in [-0.05, 0) is 38.8 Å². The zero-order chi connectivity index (χ0) is 15.4. The first-order valence-electron chi connectivity index (χ1n) is 6.70. The van der Waals surface area contributed by atoms with Crippen LogP contribution in [0.25, 0.3) is 0 Å². The van der Waals surface area contributed by atoms with E-state index in [0.29, 0.717) is 11.7 Å². The molecule has 0 aromatic carbocycles. The fourth-order valence-corrected chi connectivity index (χ4v) is 1.37. The Morgan fingerprint density at radius 3 is 2.25 bits per heavy atom. The van der Waals surface area contributed by atoms with Crippen molar-refractivity contribution in [1.29, 1.82) is 0 Å². The van der Waals surface area contributed by atoms with Crippen LogP contribution in [0.1, 0.15) is 46.2 Å². The molecule has 0 saturated carbocycles. The lowest BCUT2D eigenvalue weighted by Crippen LogP contribution is -2.35. The lowest BCUT2D eigenvalue weighted by atomic mass is 10.1. The molecule has 0 saturated heterocycles. The van der Waals surface area contributed by atoms with Gasteiger partial charge in [0.15, 0.2) is 6.61 Å². The van der Waals surface area contributed by atoms with Gasteiger partial charge in [0.1, 0.15) is 12.4 Å². The molecule has 1 aromatic rings. The van der Waals surface area contributed by atoms with Gasteiger partial charge in [0.05, 0.1) is 11.8 Å². The van der Waals surface area contributed by atoms with Crippen molar-refractivity contribution in [1.82, 2.24) is 4.98 Å². The minimum Gasteiger partial charge on any atom is -0.486 e. The van der Waals surface area contributed by atoms with Gasteiger partial charge < -0.3 is 9.47 Å². The summed E-state index contributed by atoms with van der Waals surface area (Å²) in [5, 5.41) is 0. The zero-order valence-corrected chi connectivity index (χ0v) is 12.7. The highest BCUT2D eigenvalue weighted by Crippen LogP contribution is 2.21. The summed E-state index contributed by atoms with van der Waals surface area (Å²) in [5.74, 6) is -2.39. The quantitative estimate of drug-likeness (QED) is 0.791. The standard InChI is InChI=1S/C15H23F2NO2/c1-11(2)13-7-6-12(8-18-13)19-9-15(16,17)10-20-14(3,4)5/h6-8,11H,9-10H2,1-5H3. The molecule has 0 N–H and O–H groups in total. The van der Waals surface area contributed by atoms with Crippen molar-refractivity contribution >= 4 is 0 Å². The number of rotatable bonds is 6. The highest BCUT2D eigenvalue weighted by atomic mass is 19.3. The number of pyridine rings is 1. The van der Waals surface area contributed by atoms with E-state index in [1.54, 1.807) is 32.9 Å². The lowest BCUT2D eigenvalue weighted by Gasteiger charge is -2.24. The smallest absolute Gasteiger partial charge is 0.304 e. The Bertz CT molecular complexity index is 411. The highest BCUT2D eigenvalue weighted by molar-refractivity contribution is 5.21. The average molecular weight is 287 g/mol. The third-order valence-electron chi connectivity index (χ3n) is 2.52. The van der Waals surface area contributed by atoms with Crippen molar-refractivity contribution < 1.29 is 18.3 Å². The van der Waals surface area contributed by atoms with Gasteiger partial charge in [0.25, 0.3) is 0 Å². The number of aromatic nitrogens is 1. The van der Waals surface area contributed by atoms with Crippen LogP contribution in [0.2, 0.25) is 0 Å². The first kappa shape index (κ1) is 16.8. The molecule has 0 atom stereocenters. The van der Waals surface area contributed by atoms with E-state index in [1.165, 1.54) is 6.20 Å². The summed E-state index contributed by atoms with van der Waals surface area (Å²) in [6, 6.07) is 3.44. The molecule has 0 aliphatic rings. The Kier molecular flexibility index (Phi) is 5.45. The normalized spacial score (nSPS) is 12.8. The molecule has 20 heavy (non-hydrogen) atoms. The summed E-state index contributed by atoms with van der Waals surface area (Å²) >= 11 is 0. The maximum absolute atomic E-state index is 13.6. The van der Waals surface area contributed by atoms with E-state index in [-0.39, 0.29) is 0 Å². The Labute approximate surface area is 119 Å². The van der Waals surface area contributed by atoms with Crippen molar-refractivity contribution in [2.75, 3.05) is 13.2 Å². The maximum Gasteiger partial charge on any atom is 0.304 e. The van der Waals surface area contributed by atoms with E-state index in [4.69, 9.17) is 9.47 Å². The van der Waals surface area contributed by atoms with Crippen LogP contribution in [-0.2, 0) is 4.74 Å². The van der Waals surface area contributed by atoms with Crippen LogP contribution in [0, 0.1) is 0 Å². The number of alkyl halides is 2. The summed E-state index contributed by atoms with van der Waals surface area (Å²) in [6.07, 6.45) is 1.47. The third kappa shape index (κ3) is 6.28. The molecule has 0 fully saturated rings. The monoisotopic (exact) mass is 287 g/mol. The second-order valence-corrected chi connectivity index (χ2v) is 6.12. The molecule has 0 radical (unpaired) electrons. The molecule has 5 heteroatoms. The van der Waals surface area contributed by atoms with Gasteiger partial charge in [0, 0.05) is 5.69 Å². The Morgan fingerprint density at radius 1 is 1.15 bits per heavy atom. The van der Waals surface area contributed by atoms with Crippen molar-refractivity contribution in [3.63, 3.8) is 0 Å². The fraction of sp³-hybridized carbons (Fsp3) is 0.667. The predicted molar refractivity (Wildman–Crippen MR) is 74.5 cm³/mol. The summed E-state index contributed by atoms with van der Waals surface area (Å²) in [6.45, 7) is 7.86. The topological polar surface area (TPSA) is 31.4 Å². The summed E-state index contributed by atoms with van der Waals surface area (Å²) < 4.78 is 37.3. The second kappa shape index (κ2) is 6.48. The van der Waals surface area contributed by atoms with Gasteiger partial charge in [0.2, 0.25) is 0 Å². The van der Waals surface area contributed by atoms with Crippen LogP contribution in [0.4, 0.5) is 8.78 Å². The Morgan fingerprint density at radius 2 is 1.80 bits per heavy atom. The van der Waals surface area contributed by atoms with E-state index in [1.807, 2.05) is 13.8 Å². The van der Waals surface area contributed by atoms with Crippen LogP contribution >= 0.6 is 0 Å². The van der Waals surface area contributed by atoms with Crippen molar-refractivity contribution in [3.05, 3.63) is 24.0 Å². The van der Waals surface area contributed by atoms with Crippen LogP contribution in [0.3, 0.4) is 0 Å². The second-order valence-electron chi connectivity index (χ2n) is 6.12. The number of nitrogens with zero attached hydrogens (tertiary/aromatic N) is 1. The molecule has 0 bridgehead atoms. The van der Waals surface area contributed by atoms with Crippen LogP contribution < -0.4 is 4.74 Å². The molecule has 114 valence electrons. The SMILES string of the molecule is CC(C)c1ccc(OCC(F)(F)COC(C)(C)C)cn1. The van der Waals surface area contributed by atoms with Crippen LogP contribution in [0.5, 0.6) is 5.75 Å². The molecule has 0 unspecified atom stereocenters. The van der Waals surface area contributed by atoms with Crippen LogP contribution in [-0.4, -0.2) is 29.7 Å². The van der Waals surface area contributed by atoms with Gasteiger partial charge in [-0.25, -0.2) is 8.78 Å². The number of hydrogen-bond donors (Lipinski definition) is 0. The predicted octanol–water partition coefficient (Wildman–Crippen LogP) is 4.03. The van der Waals surface area contributed by atoms with E-state index < -0.39 is 24.7 Å². The zero-order valence-electron chi connectivity index (χ0n) is 12.7. The lowest BCUT2D eigenvalue weighted by molar-refractivity contribution is -0.137. The van der Waals surface area contributed by atoms with Gasteiger partial charge >= 0.3 is 5.92 Å². The van der Waals surface area contributed by atoms with Gasteiger partial charge in [-0.3, -0.25) is 4.98 Å². The Hall–Kier alpha value is -1.23. The largest absolute Gasteiger partial charge is 0.486 e. The molecular weight excluding hydrogens is 264 g/mol. The summed E-state index contributed by atoms with van der Waals surface area (Å²) in [5.41, 5.74) is 0.310. The molecule has 1 heterocycles. The molecule has 0 amide bonds. The van der Waals surface area contributed by atoms with E-state index in [0.717, 1.165) is 5.69 Å². The van der Waals surface area contributed by atoms with Gasteiger partial charge in [-0.1, -0.05) is 13.8 Å². The molecule has 3 nitrogen and oxygen atoms in total. The van der Waals surface area contributed by atoms with E-state index >= 15 is 0 Å². The van der Waals surface area contributed by atoms with Crippen LogP contribution in [0.15, 0.2) is 18.3 Å². The first-order chi connectivity index (χ1) is 9.09. The number of ether oxygens (including phenoxy) is 2. The van der Waals surface area contributed by atoms with Crippen molar-refractivity contribution in [3.8, 4) is 5.75 Å². The van der Waals surface area contributed by atoms with Crippen molar-refractivity contribution in [2.24, 2.45) is 0 Å². The minimum atomic E-state index is -3.02. The number of hydrogen-bond acceptors (Lipinski definition) is 3. The van der Waals surface area contributed by atoms with Gasteiger partial charge in [-0.15, -0.1) is 0 Å². The van der Waals surface area contributed by atoms with E-state index in [9.17, 15) is 8.78 Å². The molecule has 0 aliphatic carbocycles. The first-order valence-corrected chi connectivity index (χ1v) is 6.70. The molecular formula is C15H23F2NO2. The molecule has 1 aromatic heterocycles. The minimum absolute atomic E-state index is 0.297. The maximum atomic E-state index is 13.6. The van der Waals surface area contributed by atoms with Gasteiger partial charge in [-0.2, -0.15) is 0 Å². The van der Waals surface area contributed by atoms with Crippen molar-refractivity contribution in [2.45, 2.75) is 52.1 Å². The third-order valence-corrected chi connectivity index (χ3v) is 2.52. The summed E-state index contributed by atoms with van der Waals surface area (Å²) in [4.78, 5) is 4.16. The molecule has 1 rings (SSSR count). The molecule has 0 spiro atoms. The Balaban J connectivity index is 2.49. The molecule has 0 aliphatic heterocycles.